The highest BCUT2D eigenvalue weighted by atomic mass is 16.5. The maximum Gasteiger partial charge on any atom is 0.362 e. The number of fused-ring (bicyclic) bond motifs is 2. The molecule has 0 spiro atoms. The maximum atomic E-state index is 12.4. The summed E-state index contributed by atoms with van der Waals surface area (Å²) in [6.07, 6.45) is 8.96. The Morgan fingerprint density at radius 2 is 1.81 bits per heavy atom. The van der Waals surface area contributed by atoms with E-state index in [1.54, 1.807) is 0 Å². The lowest BCUT2D eigenvalue weighted by Gasteiger charge is -2.38. The van der Waals surface area contributed by atoms with Crippen molar-refractivity contribution in [3.05, 3.63) is 0 Å². The second-order valence-electron chi connectivity index (χ2n) is 8.43. The standard InChI is InChI=1S/C18H31NO2/c1-17(2)14-8-9-18(17,3)15(12-14)21-16(20)13-19-10-6-4-5-7-11-19/h14-15H,4-13H2,1-3H3/p+1/t14-,15+,18-/m1/s1. The van der Waals surface area contributed by atoms with Gasteiger partial charge in [0.25, 0.3) is 0 Å². The van der Waals surface area contributed by atoms with Gasteiger partial charge in [-0.05, 0) is 56.3 Å². The number of esters is 1. The molecule has 21 heavy (non-hydrogen) atoms. The summed E-state index contributed by atoms with van der Waals surface area (Å²) in [7, 11) is 0. The van der Waals surface area contributed by atoms with E-state index in [-0.39, 0.29) is 17.5 Å². The van der Waals surface area contributed by atoms with Crippen LogP contribution in [0.3, 0.4) is 0 Å². The molecule has 1 N–H and O–H groups in total. The molecule has 1 saturated heterocycles. The summed E-state index contributed by atoms with van der Waals surface area (Å²) < 4.78 is 5.97. The highest BCUT2D eigenvalue weighted by Crippen LogP contribution is 2.66. The molecule has 1 heterocycles. The van der Waals surface area contributed by atoms with E-state index in [1.807, 2.05) is 0 Å². The van der Waals surface area contributed by atoms with Crippen LogP contribution in [0.5, 0.6) is 0 Å². The molecule has 3 aliphatic rings. The van der Waals surface area contributed by atoms with Gasteiger partial charge < -0.3 is 9.64 Å². The Morgan fingerprint density at radius 1 is 1.14 bits per heavy atom. The predicted octanol–water partition coefficient (Wildman–Crippen LogP) is 2.20. The largest absolute Gasteiger partial charge is 0.458 e. The lowest BCUT2D eigenvalue weighted by molar-refractivity contribution is -0.891. The summed E-state index contributed by atoms with van der Waals surface area (Å²) in [6.45, 7) is 9.96. The van der Waals surface area contributed by atoms with Crippen molar-refractivity contribution in [3.8, 4) is 0 Å². The smallest absolute Gasteiger partial charge is 0.362 e. The first-order valence-electron chi connectivity index (χ1n) is 8.96. The Balaban J connectivity index is 1.56. The molecule has 3 fully saturated rings. The minimum atomic E-state index is 0.0430. The second kappa shape index (κ2) is 5.57. The zero-order chi connectivity index (χ0) is 15.1. The molecule has 3 heteroatoms. The third-order valence-corrected chi connectivity index (χ3v) is 7.19. The van der Waals surface area contributed by atoms with Crippen molar-refractivity contribution in [2.45, 2.75) is 71.8 Å². The lowest BCUT2D eigenvalue weighted by atomic mass is 9.70. The quantitative estimate of drug-likeness (QED) is 0.809. The van der Waals surface area contributed by atoms with Gasteiger partial charge in [0, 0.05) is 5.41 Å². The number of ether oxygens (including phenoxy) is 1. The van der Waals surface area contributed by atoms with Crippen LogP contribution in [0.15, 0.2) is 0 Å². The summed E-state index contributed by atoms with van der Waals surface area (Å²) in [4.78, 5) is 13.8. The first kappa shape index (κ1) is 15.3. The topological polar surface area (TPSA) is 30.7 Å². The van der Waals surface area contributed by atoms with E-state index in [4.69, 9.17) is 4.74 Å². The van der Waals surface area contributed by atoms with Gasteiger partial charge in [0.05, 0.1) is 13.1 Å². The van der Waals surface area contributed by atoms with Crippen LogP contribution in [0.4, 0.5) is 0 Å². The van der Waals surface area contributed by atoms with E-state index in [1.165, 1.54) is 43.4 Å². The highest BCUT2D eigenvalue weighted by molar-refractivity contribution is 5.70. The van der Waals surface area contributed by atoms with Gasteiger partial charge in [-0.1, -0.05) is 20.8 Å². The van der Waals surface area contributed by atoms with Crippen molar-refractivity contribution < 1.29 is 14.4 Å². The molecule has 3 atom stereocenters. The SMILES string of the molecule is CC1(C)[C@@H]2CC[C@]1(C)[C@@H](OC(=O)C[NH+]1CCCCCC1)C2. The first-order valence-corrected chi connectivity index (χ1v) is 8.96. The van der Waals surface area contributed by atoms with Crippen molar-refractivity contribution in [3.63, 3.8) is 0 Å². The molecule has 0 aromatic heterocycles. The first-order chi connectivity index (χ1) is 9.93. The molecule has 0 aromatic carbocycles. The number of hydrogen-bond donors (Lipinski definition) is 1. The fourth-order valence-corrected chi connectivity index (χ4v) is 5.12. The molecule has 3 rings (SSSR count). The average Bonchev–Trinajstić information content (AvgIpc) is 2.69. The predicted molar refractivity (Wildman–Crippen MR) is 83.1 cm³/mol. The fourth-order valence-electron chi connectivity index (χ4n) is 5.12. The molecule has 3 nitrogen and oxygen atoms in total. The molecule has 1 aliphatic heterocycles. The van der Waals surface area contributed by atoms with Crippen molar-refractivity contribution in [1.82, 2.24) is 0 Å². The Kier molecular flexibility index (Phi) is 4.06. The summed E-state index contributed by atoms with van der Waals surface area (Å²) >= 11 is 0. The Labute approximate surface area is 129 Å². The van der Waals surface area contributed by atoms with Gasteiger partial charge >= 0.3 is 5.97 Å². The Morgan fingerprint density at radius 3 is 2.33 bits per heavy atom. The third-order valence-electron chi connectivity index (χ3n) is 7.19. The van der Waals surface area contributed by atoms with Crippen LogP contribution in [-0.4, -0.2) is 31.7 Å². The van der Waals surface area contributed by atoms with Gasteiger partial charge in [-0.2, -0.15) is 0 Å². The highest BCUT2D eigenvalue weighted by Gasteiger charge is 2.62. The van der Waals surface area contributed by atoms with Crippen LogP contribution in [0.2, 0.25) is 0 Å². The normalized spacial score (nSPS) is 39.2. The van der Waals surface area contributed by atoms with Gasteiger partial charge in [0.2, 0.25) is 0 Å². The number of carbonyl (C=O) groups is 1. The summed E-state index contributed by atoms with van der Waals surface area (Å²) in [5.74, 6) is 0.785. The maximum absolute atomic E-state index is 12.4. The lowest BCUT2D eigenvalue weighted by Crippen LogP contribution is -3.12. The third kappa shape index (κ3) is 2.62. The summed E-state index contributed by atoms with van der Waals surface area (Å²) in [5.41, 5.74) is 0.523. The zero-order valence-corrected chi connectivity index (χ0v) is 14.0. The number of quaternary nitrogens is 1. The van der Waals surface area contributed by atoms with E-state index in [9.17, 15) is 4.79 Å². The second-order valence-corrected chi connectivity index (χ2v) is 8.43. The van der Waals surface area contributed by atoms with Crippen molar-refractivity contribution in [1.29, 1.82) is 0 Å². The van der Waals surface area contributed by atoms with Crippen molar-refractivity contribution in [2.75, 3.05) is 19.6 Å². The number of carbonyl (C=O) groups excluding carboxylic acids is 1. The van der Waals surface area contributed by atoms with Crippen LogP contribution in [-0.2, 0) is 9.53 Å². The van der Waals surface area contributed by atoms with Crippen molar-refractivity contribution in [2.24, 2.45) is 16.7 Å². The van der Waals surface area contributed by atoms with Gasteiger partial charge in [-0.25, -0.2) is 4.79 Å². The molecule has 0 radical (unpaired) electrons. The Bertz CT molecular complexity index is 398. The van der Waals surface area contributed by atoms with Crippen molar-refractivity contribution >= 4 is 5.97 Å². The van der Waals surface area contributed by atoms with Gasteiger partial charge in [0.15, 0.2) is 6.54 Å². The molecule has 120 valence electrons. The average molecular weight is 294 g/mol. The molecule has 0 aromatic rings. The van der Waals surface area contributed by atoms with E-state index in [2.05, 4.69) is 20.8 Å². The number of likely N-dealkylation sites (tertiary alicyclic amines) is 1. The van der Waals surface area contributed by atoms with E-state index in [0.717, 1.165) is 25.4 Å². The molecular weight excluding hydrogens is 262 g/mol. The summed E-state index contributed by atoms with van der Waals surface area (Å²) in [6, 6.07) is 0. The minimum Gasteiger partial charge on any atom is -0.458 e. The van der Waals surface area contributed by atoms with Crippen LogP contribution < -0.4 is 4.90 Å². The number of nitrogens with one attached hydrogen (secondary N) is 1. The molecular formula is C18H32NO2+. The molecule has 0 amide bonds. The monoisotopic (exact) mass is 294 g/mol. The van der Waals surface area contributed by atoms with Gasteiger partial charge in [-0.15, -0.1) is 0 Å². The van der Waals surface area contributed by atoms with Crippen LogP contribution >= 0.6 is 0 Å². The minimum absolute atomic E-state index is 0.0430. The Hall–Kier alpha value is -0.570. The molecule has 2 bridgehead atoms. The van der Waals surface area contributed by atoms with Crippen LogP contribution in [0, 0.1) is 16.7 Å². The molecule has 2 saturated carbocycles. The van der Waals surface area contributed by atoms with E-state index < -0.39 is 0 Å². The van der Waals surface area contributed by atoms with Gasteiger partial charge in [-0.3, -0.25) is 0 Å². The van der Waals surface area contributed by atoms with Gasteiger partial charge in [0.1, 0.15) is 6.10 Å². The van der Waals surface area contributed by atoms with Crippen LogP contribution in [0.1, 0.15) is 65.7 Å². The molecule has 0 unspecified atom stereocenters. The van der Waals surface area contributed by atoms with E-state index in [0.29, 0.717) is 12.0 Å². The van der Waals surface area contributed by atoms with Crippen LogP contribution in [0.25, 0.3) is 0 Å². The number of hydrogen-bond acceptors (Lipinski definition) is 2. The molecule has 2 aliphatic carbocycles. The fraction of sp³-hybridized carbons (Fsp3) is 0.944. The zero-order valence-electron chi connectivity index (χ0n) is 14.0. The number of rotatable bonds is 3. The van der Waals surface area contributed by atoms with E-state index >= 15 is 0 Å². The summed E-state index contributed by atoms with van der Waals surface area (Å²) in [5, 5.41) is 0.